The molecule has 0 aliphatic carbocycles. The number of likely N-dealkylation sites (N-methyl/N-ethyl adjacent to an activating group) is 1. The van der Waals surface area contributed by atoms with Crippen LogP contribution in [-0.2, 0) is 11.2 Å². The van der Waals surface area contributed by atoms with Crippen molar-refractivity contribution in [3.8, 4) is 11.5 Å². The number of halogens is 1. The Balaban J connectivity index is 0.00000576. The lowest BCUT2D eigenvalue weighted by molar-refractivity contribution is -0.119. The second kappa shape index (κ2) is 13.6. The van der Waals surface area contributed by atoms with Crippen LogP contribution < -0.4 is 25.4 Å². The highest BCUT2D eigenvalue weighted by atomic mass is 127. The second-order valence-electron chi connectivity index (χ2n) is 5.01. The van der Waals surface area contributed by atoms with E-state index in [0.29, 0.717) is 30.5 Å². The lowest BCUT2D eigenvalue weighted by Gasteiger charge is -2.12. The number of methoxy groups -OCH3 is 2. The van der Waals surface area contributed by atoms with Crippen molar-refractivity contribution in [2.24, 2.45) is 4.99 Å². The standard InChI is InChI=1S/C17H28N4O3.HI/c1-5-18-16(22)12-21-17(19-6-2)20-10-9-13-7-8-14(23-3)15(11-13)24-4;/h7-8,11H,5-6,9-10,12H2,1-4H3,(H,18,22)(H2,19,20,21);1H. The van der Waals surface area contributed by atoms with E-state index >= 15 is 0 Å². The number of hydrogen-bond donors (Lipinski definition) is 3. The summed E-state index contributed by atoms with van der Waals surface area (Å²) in [5.41, 5.74) is 1.12. The molecule has 8 heteroatoms. The summed E-state index contributed by atoms with van der Waals surface area (Å²) >= 11 is 0. The van der Waals surface area contributed by atoms with Crippen molar-refractivity contribution < 1.29 is 14.3 Å². The summed E-state index contributed by atoms with van der Waals surface area (Å²) in [5.74, 6) is 1.97. The lowest BCUT2D eigenvalue weighted by atomic mass is 10.1. The van der Waals surface area contributed by atoms with Crippen LogP contribution in [0.4, 0.5) is 0 Å². The largest absolute Gasteiger partial charge is 0.493 e. The van der Waals surface area contributed by atoms with Gasteiger partial charge in [0.25, 0.3) is 0 Å². The number of guanidine groups is 1. The van der Waals surface area contributed by atoms with Crippen molar-refractivity contribution in [3.05, 3.63) is 23.8 Å². The number of carbonyl (C=O) groups is 1. The molecule has 3 N–H and O–H groups in total. The molecule has 0 aromatic heterocycles. The molecule has 0 spiro atoms. The maximum absolute atomic E-state index is 11.5. The van der Waals surface area contributed by atoms with Crippen LogP contribution in [0.15, 0.2) is 23.2 Å². The Bertz CT molecular complexity index is 553. The van der Waals surface area contributed by atoms with Crippen LogP contribution in [-0.4, -0.2) is 52.3 Å². The smallest absolute Gasteiger partial charge is 0.241 e. The van der Waals surface area contributed by atoms with Crippen LogP contribution in [0.25, 0.3) is 0 Å². The van der Waals surface area contributed by atoms with Crippen LogP contribution in [0.2, 0.25) is 0 Å². The molecule has 1 aromatic rings. The van der Waals surface area contributed by atoms with E-state index in [1.165, 1.54) is 0 Å². The first kappa shape index (κ1) is 23.3. The van der Waals surface area contributed by atoms with Gasteiger partial charge in [0.1, 0.15) is 6.54 Å². The molecular formula is C17H29IN4O3. The Labute approximate surface area is 167 Å². The predicted octanol–water partition coefficient (Wildman–Crippen LogP) is 1.56. The molecular weight excluding hydrogens is 435 g/mol. The van der Waals surface area contributed by atoms with Crippen LogP contribution in [0.1, 0.15) is 19.4 Å². The van der Waals surface area contributed by atoms with Gasteiger partial charge in [-0.1, -0.05) is 6.07 Å². The van der Waals surface area contributed by atoms with Crippen LogP contribution in [0.5, 0.6) is 11.5 Å². The first-order valence-corrected chi connectivity index (χ1v) is 8.14. The predicted molar refractivity (Wildman–Crippen MR) is 111 cm³/mol. The molecule has 0 aliphatic heterocycles. The molecule has 0 saturated heterocycles. The van der Waals surface area contributed by atoms with E-state index in [4.69, 9.17) is 9.47 Å². The molecule has 0 heterocycles. The van der Waals surface area contributed by atoms with Crippen molar-refractivity contribution in [3.63, 3.8) is 0 Å². The number of rotatable bonds is 9. The van der Waals surface area contributed by atoms with Gasteiger partial charge in [-0.2, -0.15) is 0 Å². The van der Waals surface area contributed by atoms with E-state index in [1.807, 2.05) is 32.0 Å². The van der Waals surface area contributed by atoms with Gasteiger partial charge in [0.2, 0.25) is 5.91 Å². The number of ether oxygens (including phenoxy) is 2. The highest BCUT2D eigenvalue weighted by molar-refractivity contribution is 14.0. The van der Waals surface area contributed by atoms with Crippen LogP contribution in [0, 0.1) is 0 Å². The van der Waals surface area contributed by atoms with Crippen molar-refractivity contribution in [2.75, 3.05) is 40.4 Å². The second-order valence-corrected chi connectivity index (χ2v) is 5.01. The van der Waals surface area contributed by atoms with Crippen molar-refractivity contribution >= 4 is 35.8 Å². The van der Waals surface area contributed by atoms with Crippen LogP contribution in [0.3, 0.4) is 0 Å². The highest BCUT2D eigenvalue weighted by Gasteiger charge is 2.05. The summed E-state index contributed by atoms with van der Waals surface area (Å²) < 4.78 is 10.5. The minimum Gasteiger partial charge on any atom is -0.493 e. The van der Waals surface area contributed by atoms with Gasteiger partial charge in [0, 0.05) is 19.6 Å². The number of benzene rings is 1. The molecule has 0 fully saturated rings. The van der Waals surface area contributed by atoms with Gasteiger partial charge < -0.3 is 25.4 Å². The van der Waals surface area contributed by atoms with Gasteiger partial charge in [-0.15, -0.1) is 24.0 Å². The van der Waals surface area contributed by atoms with Gasteiger partial charge >= 0.3 is 0 Å². The molecule has 142 valence electrons. The average Bonchev–Trinajstić information content (AvgIpc) is 2.59. The average molecular weight is 464 g/mol. The molecule has 7 nitrogen and oxygen atoms in total. The van der Waals surface area contributed by atoms with Crippen molar-refractivity contribution in [1.82, 2.24) is 16.0 Å². The van der Waals surface area contributed by atoms with Crippen molar-refractivity contribution in [1.29, 1.82) is 0 Å². The van der Waals surface area contributed by atoms with E-state index < -0.39 is 0 Å². The minimum atomic E-state index is -0.0883. The zero-order valence-corrected chi connectivity index (χ0v) is 17.7. The molecule has 1 rings (SSSR count). The molecule has 1 aromatic carbocycles. The summed E-state index contributed by atoms with van der Waals surface area (Å²) in [5, 5.41) is 9.06. The summed E-state index contributed by atoms with van der Waals surface area (Å²) in [7, 11) is 3.24. The van der Waals surface area contributed by atoms with Gasteiger partial charge in [0.15, 0.2) is 17.5 Å². The third-order valence-electron chi connectivity index (χ3n) is 3.25. The normalized spacial score (nSPS) is 10.5. The number of carbonyl (C=O) groups excluding carboxylic acids is 1. The fourth-order valence-electron chi connectivity index (χ4n) is 2.11. The molecule has 1 amide bonds. The molecule has 0 saturated carbocycles. The van der Waals surface area contributed by atoms with E-state index in [2.05, 4.69) is 20.9 Å². The molecule has 0 radical (unpaired) electrons. The van der Waals surface area contributed by atoms with Gasteiger partial charge in [0.05, 0.1) is 14.2 Å². The summed E-state index contributed by atoms with van der Waals surface area (Å²) in [4.78, 5) is 15.7. The lowest BCUT2D eigenvalue weighted by Crippen LogP contribution is -2.39. The summed E-state index contributed by atoms with van der Waals surface area (Å²) in [6.45, 7) is 6.01. The van der Waals surface area contributed by atoms with E-state index in [0.717, 1.165) is 18.5 Å². The number of hydrogen-bond acceptors (Lipinski definition) is 4. The Morgan fingerprint density at radius 2 is 1.72 bits per heavy atom. The number of aliphatic imine (C=N–C) groups is 1. The molecule has 0 bridgehead atoms. The maximum Gasteiger partial charge on any atom is 0.241 e. The van der Waals surface area contributed by atoms with Gasteiger partial charge in [-0.05, 0) is 38.0 Å². The van der Waals surface area contributed by atoms with E-state index in [1.54, 1.807) is 14.2 Å². The van der Waals surface area contributed by atoms with Crippen molar-refractivity contribution in [2.45, 2.75) is 20.3 Å². The quantitative estimate of drug-likeness (QED) is 0.294. The first-order valence-electron chi connectivity index (χ1n) is 8.14. The minimum absolute atomic E-state index is 0. The molecule has 25 heavy (non-hydrogen) atoms. The Morgan fingerprint density at radius 3 is 2.32 bits per heavy atom. The number of nitrogens with one attached hydrogen (secondary N) is 3. The third-order valence-corrected chi connectivity index (χ3v) is 3.25. The first-order chi connectivity index (χ1) is 11.6. The molecule has 0 aliphatic rings. The van der Waals surface area contributed by atoms with E-state index in [-0.39, 0.29) is 36.4 Å². The number of amides is 1. The summed E-state index contributed by atoms with van der Waals surface area (Å²) in [6.07, 6.45) is 0.798. The third kappa shape index (κ3) is 8.80. The van der Waals surface area contributed by atoms with E-state index in [9.17, 15) is 4.79 Å². The SMILES string of the molecule is CCNC(=O)CN=C(NCC)NCCc1ccc(OC)c(OC)c1.I. The fraction of sp³-hybridized carbons (Fsp3) is 0.529. The Morgan fingerprint density at radius 1 is 1.04 bits per heavy atom. The maximum atomic E-state index is 11.5. The fourth-order valence-corrected chi connectivity index (χ4v) is 2.11. The Hall–Kier alpha value is -1.71. The zero-order valence-electron chi connectivity index (χ0n) is 15.3. The van der Waals surface area contributed by atoms with Gasteiger partial charge in [-0.25, -0.2) is 4.99 Å². The molecule has 0 atom stereocenters. The van der Waals surface area contributed by atoms with Gasteiger partial charge in [-0.3, -0.25) is 4.79 Å². The monoisotopic (exact) mass is 464 g/mol. The van der Waals surface area contributed by atoms with Crippen LogP contribution >= 0.6 is 24.0 Å². The highest BCUT2D eigenvalue weighted by Crippen LogP contribution is 2.27. The topological polar surface area (TPSA) is 84.0 Å². The summed E-state index contributed by atoms with van der Waals surface area (Å²) in [6, 6.07) is 5.85. The zero-order chi connectivity index (χ0) is 17.8. The molecule has 0 unspecified atom stereocenters. The Kier molecular flexibility index (Phi) is 12.6. The number of nitrogens with zero attached hydrogens (tertiary/aromatic N) is 1.